The molecule has 2 aliphatic rings. The number of nitrogens with one attached hydrogen (secondary N) is 8. The van der Waals surface area contributed by atoms with Crippen molar-refractivity contribution in [3.63, 3.8) is 0 Å². The molecule has 2 fully saturated rings. The third-order valence-electron chi connectivity index (χ3n) is 14.2. The Morgan fingerprint density at radius 1 is 0.595 bits per heavy atom. The van der Waals surface area contributed by atoms with Gasteiger partial charge < -0.3 is 52.3 Å². The number of amides is 9. The maximum absolute atomic E-state index is 15.0. The van der Waals surface area contributed by atoms with E-state index in [0.29, 0.717) is 13.0 Å². The summed E-state index contributed by atoms with van der Waals surface area (Å²) in [5.41, 5.74) is -4.72. The highest BCUT2D eigenvalue weighted by molar-refractivity contribution is 6.01. The van der Waals surface area contributed by atoms with Gasteiger partial charge in [0.15, 0.2) is 0 Å². The van der Waals surface area contributed by atoms with Gasteiger partial charge >= 0.3 is 0 Å². The van der Waals surface area contributed by atoms with E-state index < -0.39 is 125 Å². The Morgan fingerprint density at radius 3 is 1.52 bits per heavy atom. The van der Waals surface area contributed by atoms with E-state index in [0.717, 1.165) is 61.3 Å². The number of hydrogen-bond donors (Lipinski definition) is 8. The van der Waals surface area contributed by atoms with E-state index in [2.05, 4.69) is 42.5 Å². The third kappa shape index (κ3) is 21.6. The molecular weight excluding hydrogens is 1030 g/mol. The minimum Gasteiger partial charge on any atom is -0.350 e. The zero-order chi connectivity index (χ0) is 60.0. The van der Waals surface area contributed by atoms with Crippen LogP contribution >= 0.6 is 0 Å². The van der Waals surface area contributed by atoms with Crippen LogP contribution in [0.15, 0.2) is 24.3 Å². The number of halogens is 3. The molecule has 3 rings (SSSR count). The molecule has 1 aromatic rings. The van der Waals surface area contributed by atoms with Gasteiger partial charge in [0.25, 0.3) is 11.8 Å². The van der Waals surface area contributed by atoms with Gasteiger partial charge in [-0.3, -0.25) is 43.2 Å². The summed E-state index contributed by atoms with van der Waals surface area (Å²) < 4.78 is 43.7. The lowest BCUT2D eigenvalue weighted by atomic mass is 9.85. The first-order valence-electron chi connectivity index (χ1n) is 28.0. The number of carbonyl (C=O) groups is 9. The van der Waals surface area contributed by atoms with E-state index in [4.69, 9.17) is 0 Å². The molecule has 0 bridgehead atoms. The molecule has 0 radical (unpaired) electrons. The maximum Gasteiger partial charge on any atom is 0.267 e. The fourth-order valence-corrected chi connectivity index (χ4v) is 9.83. The Labute approximate surface area is 466 Å². The molecule has 1 aromatic carbocycles. The number of likely N-dealkylation sites (tertiary alicyclic amines) is 1. The van der Waals surface area contributed by atoms with Gasteiger partial charge in [0, 0.05) is 24.6 Å². The molecule has 8 N–H and O–H groups in total. The van der Waals surface area contributed by atoms with Crippen LogP contribution in [0.5, 0.6) is 0 Å². The summed E-state index contributed by atoms with van der Waals surface area (Å²) >= 11 is 0. The SMILES string of the molecule is CC(C)C[C@H](NC(=O)[C@H](CCC1CCCCC1)NC(=O)[C@@H]1CC(F)(F)CN1C(=O)c1ccc(F)cc1)C(=O)NC(C)(C)C(=O)N[C@@H](CC(C)C)C(=O)N[C@@H](CC(C)C)C(=O)NC(C)(C)C(=O)NC(C)(C)C(=O)N[C@@H](C)CN(C)C. The van der Waals surface area contributed by atoms with Crippen molar-refractivity contribution in [3.8, 4) is 0 Å². The molecule has 1 heterocycles. The van der Waals surface area contributed by atoms with Crippen LogP contribution in [0.1, 0.15) is 171 Å². The first-order valence-corrected chi connectivity index (χ1v) is 28.0. The second-order valence-corrected chi connectivity index (χ2v) is 25.1. The van der Waals surface area contributed by atoms with E-state index in [-0.39, 0.29) is 61.0 Å². The Balaban J connectivity index is 1.81. The highest BCUT2D eigenvalue weighted by atomic mass is 19.3. The predicted molar refractivity (Wildman–Crippen MR) is 296 cm³/mol. The van der Waals surface area contributed by atoms with Crippen molar-refractivity contribution in [1.29, 1.82) is 0 Å². The number of hydrogen-bond acceptors (Lipinski definition) is 10. The average Bonchev–Trinajstić information content (AvgIpc) is 3.66. The molecule has 9 amide bonds. The lowest BCUT2D eigenvalue weighted by Gasteiger charge is -2.34. The highest BCUT2D eigenvalue weighted by Gasteiger charge is 2.51. The summed E-state index contributed by atoms with van der Waals surface area (Å²) in [6.45, 7) is 21.2. The lowest BCUT2D eigenvalue weighted by molar-refractivity contribution is -0.139. The molecule has 22 heteroatoms. The zero-order valence-corrected chi connectivity index (χ0v) is 49.5. The first-order chi connectivity index (χ1) is 36.4. The summed E-state index contributed by atoms with van der Waals surface area (Å²) in [4.78, 5) is 128. The van der Waals surface area contributed by atoms with E-state index in [1.807, 2.05) is 67.5 Å². The molecule has 0 spiro atoms. The molecular formula is C57H93F3N10O9. The third-order valence-corrected chi connectivity index (χ3v) is 14.2. The smallest absolute Gasteiger partial charge is 0.267 e. The number of benzene rings is 1. The monoisotopic (exact) mass is 1120 g/mol. The van der Waals surface area contributed by atoms with E-state index in [9.17, 15) is 47.5 Å². The summed E-state index contributed by atoms with van der Waals surface area (Å²) in [5.74, 6) is -11.0. The van der Waals surface area contributed by atoms with Crippen molar-refractivity contribution in [2.75, 3.05) is 27.2 Å². The second-order valence-electron chi connectivity index (χ2n) is 25.1. The van der Waals surface area contributed by atoms with Crippen molar-refractivity contribution in [1.82, 2.24) is 52.3 Å². The summed E-state index contributed by atoms with van der Waals surface area (Å²) in [5, 5.41) is 22.0. The van der Waals surface area contributed by atoms with Crippen LogP contribution in [0.25, 0.3) is 0 Å². The quantitative estimate of drug-likeness (QED) is 0.0566. The van der Waals surface area contributed by atoms with Gasteiger partial charge in [0.05, 0.1) is 6.54 Å². The van der Waals surface area contributed by atoms with Crippen LogP contribution in [0.3, 0.4) is 0 Å². The Hall–Kier alpha value is -5.80. The van der Waals surface area contributed by atoms with E-state index in [1.54, 1.807) is 13.8 Å². The number of rotatable bonds is 28. The molecule has 1 aliphatic carbocycles. The highest BCUT2D eigenvalue weighted by Crippen LogP contribution is 2.34. The molecule has 19 nitrogen and oxygen atoms in total. The lowest BCUT2D eigenvalue weighted by Crippen LogP contribution is -2.65. The van der Waals surface area contributed by atoms with Gasteiger partial charge in [0.2, 0.25) is 47.3 Å². The Morgan fingerprint density at radius 2 is 1.04 bits per heavy atom. The number of carbonyl (C=O) groups excluding carboxylic acids is 9. The normalized spacial score (nSPS) is 18.0. The standard InChI is InChI=1S/C57H93F3N10O9/c1-33(2)27-41(46(72)64-43(29-35(5)6)48(74)67-56(12,13)53(79)68-55(10,11)51(77)61-36(7)31-69(14)15)65-52(78)54(8,9)66-47(73)42(28-34(3)4)63-45(71)40(26-21-37-19-17-16-18-20-37)62-49(75)44-30-57(59,60)32-70(44)50(76)38-22-24-39(58)25-23-38/h22-25,33-37,40-44H,16-21,26-32H2,1-15H3,(H,61,77)(H,62,75)(H,63,71)(H,64,72)(H,65,78)(H,66,73)(H,67,74)(H,68,79)/t36-,40-,41-,42-,43-,44-/m0/s1. The second kappa shape index (κ2) is 29.1. The van der Waals surface area contributed by atoms with Gasteiger partial charge in [-0.2, -0.15) is 0 Å². The zero-order valence-electron chi connectivity index (χ0n) is 49.5. The molecule has 1 saturated heterocycles. The predicted octanol–water partition coefficient (Wildman–Crippen LogP) is 4.86. The van der Waals surface area contributed by atoms with Gasteiger partial charge in [-0.25, -0.2) is 13.2 Å². The van der Waals surface area contributed by atoms with Gasteiger partial charge in [-0.05, 0) is 143 Å². The maximum atomic E-state index is 15.0. The van der Waals surface area contributed by atoms with Crippen molar-refractivity contribution < 1.29 is 56.3 Å². The fourth-order valence-electron chi connectivity index (χ4n) is 9.83. The molecule has 1 saturated carbocycles. The summed E-state index contributed by atoms with van der Waals surface area (Å²) in [7, 11) is 3.74. The number of likely N-dealkylation sites (N-methyl/N-ethyl adjacent to an activating group) is 1. The van der Waals surface area contributed by atoms with E-state index >= 15 is 8.78 Å². The number of nitrogens with zero attached hydrogens (tertiary/aromatic N) is 2. The molecule has 79 heavy (non-hydrogen) atoms. The molecule has 1 aliphatic heterocycles. The average molecular weight is 1120 g/mol. The van der Waals surface area contributed by atoms with Crippen molar-refractivity contribution in [2.45, 2.75) is 219 Å². The van der Waals surface area contributed by atoms with Crippen LogP contribution in [0, 0.1) is 29.5 Å². The van der Waals surface area contributed by atoms with E-state index in [1.165, 1.54) is 27.7 Å². The molecule has 6 atom stereocenters. The summed E-state index contributed by atoms with van der Waals surface area (Å²) in [6, 6.07) is -2.55. The van der Waals surface area contributed by atoms with Crippen molar-refractivity contribution in [3.05, 3.63) is 35.6 Å². The molecule has 0 unspecified atom stereocenters. The van der Waals surface area contributed by atoms with Crippen LogP contribution in [-0.2, 0) is 38.4 Å². The van der Waals surface area contributed by atoms with Crippen LogP contribution in [-0.4, -0.2) is 149 Å². The molecule has 446 valence electrons. The van der Waals surface area contributed by atoms with Crippen molar-refractivity contribution in [2.24, 2.45) is 23.7 Å². The summed E-state index contributed by atoms with van der Waals surface area (Å²) in [6.07, 6.45) is 4.79. The van der Waals surface area contributed by atoms with Crippen LogP contribution < -0.4 is 42.5 Å². The minimum atomic E-state index is -3.44. The largest absolute Gasteiger partial charge is 0.350 e. The van der Waals surface area contributed by atoms with Gasteiger partial charge in [-0.15, -0.1) is 0 Å². The molecule has 0 aromatic heterocycles. The topological polar surface area (TPSA) is 256 Å². The Bertz CT molecular complexity index is 2290. The first kappa shape index (κ1) is 67.5. The van der Waals surface area contributed by atoms with Gasteiger partial charge in [0.1, 0.15) is 52.6 Å². The fraction of sp³-hybridized carbons (Fsp3) is 0.737. The number of alkyl halides is 2. The van der Waals surface area contributed by atoms with Crippen molar-refractivity contribution >= 4 is 53.2 Å². The van der Waals surface area contributed by atoms with Gasteiger partial charge in [-0.1, -0.05) is 73.6 Å². The van der Waals surface area contributed by atoms with Crippen LogP contribution in [0.2, 0.25) is 0 Å². The van der Waals surface area contributed by atoms with Crippen LogP contribution in [0.4, 0.5) is 13.2 Å². The Kier molecular flexibility index (Phi) is 24.8. The minimum absolute atomic E-state index is 0.0763.